The summed E-state index contributed by atoms with van der Waals surface area (Å²) in [6.07, 6.45) is 1.44. The van der Waals surface area contributed by atoms with E-state index in [0.717, 1.165) is 32.1 Å². The van der Waals surface area contributed by atoms with Crippen LogP contribution in [0.4, 0.5) is 0 Å². The Labute approximate surface area is 207 Å². The summed E-state index contributed by atoms with van der Waals surface area (Å²) in [5.41, 5.74) is 4.54. The average Bonchev–Trinajstić information content (AvgIpc) is 2.88. The number of ether oxygens (including phenoxy) is 2. The van der Waals surface area contributed by atoms with Crippen LogP contribution in [0.5, 0.6) is 11.5 Å². The standard InChI is InChI=1S/C28H25BrN2O3/c1-2-25(34-26-17-14-22-10-6-7-11-24(22)27(26)29)28(32)31-30-18-20-12-15-23(16-13-20)33-19-21-8-4-3-5-9-21/h3-18,25H,2,19H2,1H3,(H,31,32)/b30-18-/t25-/m1/s1. The van der Waals surface area contributed by atoms with Gasteiger partial charge in [-0.2, -0.15) is 5.10 Å². The summed E-state index contributed by atoms with van der Waals surface area (Å²) in [6.45, 7) is 2.41. The molecule has 0 radical (unpaired) electrons. The molecule has 0 aliphatic carbocycles. The van der Waals surface area contributed by atoms with Crippen LogP contribution in [0.1, 0.15) is 24.5 Å². The highest BCUT2D eigenvalue weighted by atomic mass is 79.9. The van der Waals surface area contributed by atoms with Crippen LogP contribution in [0, 0.1) is 0 Å². The number of fused-ring (bicyclic) bond motifs is 1. The second-order valence-electron chi connectivity index (χ2n) is 7.69. The Morgan fingerprint density at radius 2 is 1.71 bits per heavy atom. The molecular formula is C28H25BrN2O3. The largest absolute Gasteiger partial charge is 0.489 e. The molecule has 34 heavy (non-hydrogen) atoms. The van der Waals surface area contributed by atoms with Gasteiger partial charge in [0.25, 0.3) is 5.91 Å². The van der Waals surface area contributed by atoms with Crippen molar-refractivity contribution in [2.45, 2.75) is 26.1 Å². The first-order chi connectivity index (χ1) is 16.6. The summed E-state index contributed by atoms with van der Waals surface area (Å²) in [6, 6.07) is 29.4. The quantitative estimate of drug-likeness (QED) is 0.204. The van der Waals surface area contributed by atoms with Gasteiger partial charge in [0.15, 0.2) is 6.10 Å². The van der Waals surface area contributed by atoms with Crippen molar-refractivity contribution in [3.05, 3.63) is 107 Å². The topological polar surface area (TPSA) is 59.9 Å². The van der Waals surface area contributed by atoms with Crippen LogP contribution in [-0.4, -0.2) is 18.2 Å². The molecular weight excluding hydrogens is 492 g/mol. The number of rotatable bonds is 9. The highest BCUT2D eigenvalue weighted by Crippen LogP contribution is 2.33. The molecule has 172 valence electrons. The van der Waals surface area contributed by atoms with Crippen LogP contribution in [0.2, 0.25) is 0 Å². The van der Waals surface area contributed by atoms with E-state index in [0.29, 0.717) is 18.8 Å². The van der Waals surface area contributed by atoms with Gasteiger partial charge in [-0.25, -0.2) is 5.43 Å². The molecule has 0 saturated heterocycles. The Hall–Kier alpha value is -3.64. The van der Waals surface area contributed by atoms with Gasteiger partial charge in [-0.15, -0.1) is 0 Å². The van der Waals surface area contributed by atoms with Crippen LogP contribution >= 0.6 is 15.9 Å². The van der Waals surface area contributed by atoms with E-state index in [-0.39, 0.29) is 5.91 Å². The van der Waals surface area contributed by atoms with E-state index < -0.39 is 6.10 Å². The third-order valence-corrected chi connectivity index (χ3v) is 6.10. The van der Waals surface area contributed by atoms with Gasteiger partial charge in [0.05, 0.1) is 10.7 Å². The zero-order chi connectivity index (χ0) is 23.8. The van der Waals surface area contributed by atoms with Crippen molar-refractivity contribution >= 4 is 38.8 Å². The van der Waals surface area contributed by atoms with E-state index in [1.54, 1.807) is 6.21 Å². The van der Waals surface area contributed by atoms with E-state index in [2.05, 4.69) is 26.5 Å². The average molecular weight is 517 g/mol. The Kier molecular flexibility index (Phi) is 7.94. The predicted octanol–water partition coefficient (Wildman–Crippen LogP) is 6.49. The molecule has 6 heteroatoms. The summed E-state index contributed by atoms with van der Waals surface area (Å²) >= 11 is 3.61. The lowest BCUT2D eigenvalue weighted by Gasteiger charge is -2.17. The van der Waals surface area contributed by atoms with Gasteiger partial charge in [-0.3, -0.25) is 4.79 Å². The number of nitrogens with zero attached hydrogens (tertiary/aromatic N) is 1. The minimum atomic E-state index is -0.664. The predicted molar refractivity (Wildman–Crippen MR) is 139 cm³/mol. The zero-order valence-electron chi connectivity index (χ0n) is 18.8. The normalized spacial score (nSPS) is 11.9. The van der Waals surface area contributed by atoms with Crippen LogP contribution in [0.25, 0.3) is 10.8 Å². The van der Waals surface area contributed by atoms with Crippen molar-refractivity contribution in [2.75, 3.05) is 0 Å². The van der Waals surface area contributed by atoms with Gasteiger partial charge < -0.3 is 9.47 Å². The molecule has 0 aliphatic rings. The van der Waals surface area contributed by atoms with E-state index in [1.807, 2.05) is 97.9 Å². The number of carbonyl (C=O) groups excluding carboxylic acids is 1. The molecule has 0 spiro atoms. The molecule has 0 saturated carbocycles. The van der Waals surface area contributed by atoms with E-state index in [9.17, 15) is 4.79 Å². The second kappa shape index (κ2) is 11.5. The highest BCUT2D eigenvalue weighted by Gasteiger charge is 2.19. The van der Waals surface area contributed by atoms with Gasteiger partial charge in [0.1, 0.15) is 18.1 Å². The number of amides is 1. The van der Waals surface area contributed by atoms with E-state index >= 15 is 0 Å². The minimum absolute atomic E-state index is 0.304. The van der Waals surface area contributed by atoms with Crippen LogP contribution in [0.15, 0.2) is 101 Å². The lowest BCUT2D eigenvalue weighted by atomic mass is 10.1. The molecule has 0 aromatic heterocycles. The van der Waals surface area contributed by atoms with Gasteiger partial charge in [-0.1, -0.05) is 67.6 Å². The summed E-state index contributed by atoms with van der Waals surface area (Å²) in [4.78, 5) is 12.6. The molecule has 0 aliphatic heterocycles. The zero-order valence-corrected chi connectivity index (χ0v) is 20.4. The van der Waals surface area contributed by atoms with Gasteiger partial charge in [0.2, 0.25) is 0 Å². The van der Waals surface area contributed by atoms with Crippen molar-refractivity contribution in [2.24, 2.45) is 5.10 Å². The first-order valence-electron chi connectivity index (χ1n) is 11.1. The van der Waals surface area contributed by atoms with Crippen molar-refractivity contribution < 1.29 is 14.3 Å². The third kappa shape index (κ3) is 6.02. The summed E-state index contributed by atoms with van der Waals surface area (Å²) in [5.74, 6) is 1.09. The summed E-state index contributed by atoms with van der Waals surface area (Å²) in [7, 11) is 0. The number of benzene rings is 4. The number of halogens is 1. The van der Waals surface area contributed by atoms with Crippen molar-refractivity contribution in [1.29, 1.82) is 0 Å². The number of nitrogens with one attached hydrogen (secondary N) is 1. The van der Waals surface area contributed by atoms with E-state index in [4.69, 9.17) is 9.47 Å². The Balaban J connectivity index is 1.32. The second-order valence-corrected chi connectivity index (χ2v) is 8.48. The minimum Gasteiger partial charge on any atom is -0.489 e. The molecule has 4 aromatic carbocycles. The van der Waals surface area contributed by atoms with Gasteiger partial charge in [-0.05, 0) is 74.6 Å². The van der Waals surface area contributed by atoms with Crippen LogP contribution in [-0.2, 0) is 11.4 Å². The molecule has 5 nitrogen and oxygen atoms in total. The van der Waals surface area contributed by atoms with Crippen molar-refractivity contribution in [3.63, 3.8) is 0 Å². The fourth-order valence-corrected chi connectivity index (χ4v) is 4.00. The van der Waals surface area contributed by atoms with Gasteiger partial charge >= 0.3 is 0 Å². The molecule has 0 heterocycles. The molecule has 0 bridgehead atoms. The first kappa shape index (κ1) is 23.5. The highest BCUT2D eigenvalue weighted by molar-refractivity contribution is 9.10. The maximum atomic E-state index is 12.6. The fraction of sp³-hybridized carbons (Fsp3) is 0.143. The molecule has 1 N–H and O–H groups in total. The molecule has 1 amide bonds. The number of hydrogen-bond acceptors (Lipinski definition) is 4. The van der Waals surface area contributed by atoms with Gasteiger partial charge in [0, 0.05) is 0 Å². The fourth-order valence-electron chi connectivity index (χ4n) is 3.41. The number of hydrazone groups is 1. The lowest BCUT2D eigenvalue weighted by molar-refractivity contribution is -0.128. The van der Waals surface area contributed by atoms with Crippen LogP contribution in [0.3, 0.4) is 0 Å². The summed E-state index contributed by atoms with van der Waals surface area (Å²) < 4.78 is 12.6. The van der Waals surface area contributed by atoms with Crippen molar-refractivity contribution in [1.82, 2.24) is 5.43 Å². The molecule has 0 unspecified atom stereocenters. The Morgan fingerprint density at radius 3 is 2.47 bits per heavy atom. The van der Waals surface area contributed by atoms with E-state index in [1.165, 1.54) is 0 Å². The number of carbonyl (C=O) groups is 1. The SMILES string of the molecule is CC[C@@H](Oc1ccc2ccccc2c1Br)C(=O)N/N=C\c1ccc(OCc2ccccc2)cc1. The molecule has 0 fully saturated rings. The summed E-state index contributed by atoms with van der Waals surface area (Å²) in [5, 5.41) is 6.22. The maximum Gasteiger partial charge on any atom is 0.281 e. The molecule has 1 atom stereocenters. The lowest BCUT2D eigenvalue weighted by Crippen LogP contribution is -2.35. The third-order valence-electron chi connectivity index (χ3n) is 5.28. The van der Waals surface area contributed by atoms with Crippen LogP contribution < -0.4 is 14.9 Å². The first-order valence-corrected chi connectivity index (χ1v) is 11.9. The smallest absolute Gasteiger partial charge is 0.281 e. The molecule has 4 aromatic rings. The molecule has 4 rings (SSSR count). The Bertz CT molecular complexity index is 1270. The maximum absolute atomic E-state index is 12.6. The number of hydrogen-bond donors (Lipinski definition) is 1. The van der Waals surface area contributed by atoms with Crippen molar-refractivity contribution in [3.8, 4) is 11.5 Å². The Morgan fingerprint density at radius 1 is 0.971 bits per heavy atom. The monoisotopic (exact) mass is 516 g/mol.